The van der Waals surface area contributed by atoms with Gasteiger partial charge in [0.1, 0.15) is 11.9 Å². The number of carbonyl (C=O) groups excluding carboxylic acids is 1. The molecule has 2 saturated carbocycles. The van der Waals surface area contributed by atoms with Gasteiger partial charge in [-0.15, -0.1) is 5.10 Å². The van der Waals surface area contributed by atoms with Gasteiger partial charge < -0.3 is 15.5 Å². The van der Waals surface area contributed by atoms with Crippen molar-refractivity contribution in [3.63, 3.8) is 0 Å². The summed E-state index contributed by atoms with van der Waals surface area (Å²) in [5.74, 6) is 1.09. The highest BCUT2D eigenvalue weighted by molar-refractivity contribution is 6.36. The molecule has 0 amide bonds. The number of nitriles is 2. The Labute approximate surface area is 212 Å². The number of anilines is 4. The molecule has 36 heavy (non-hydrogen) atoms. The fourth-order valence-electron chi connectivity index (χ4n) is 4.70. The predicted molar refractivity (Wildman–Crippen MR) is 133 cm³/mol. The number of benzene rings is 1. The molecule has 11 nitrogen and oxygen atoms in total. The molecule has 2 aromatic heterocycles. The number of piperazine rings is 1. The molecular formula is C24H23ClN10O. The third kappa shape index (κ3) is 4.06. The zero-order valence-corrected chi connectivity index (χ0v) is 20.2. The minimum atomic E-state index is 0.0530. The maximum atomic E-state index is 11.9. The topological polar surface area (TPSA) is 138 Å². The number of hydrogen-bond donors (Lipinski definition) is 2. The summed E-state index contributed by atoms with van der Waals surface area (Å²) in [5.41, 5.74) is 2.46. The average molecular weight is 503 g/mol. The van der Waals surface area contributed by atoms with E-state index < -0.39 is 0 Å². The molecule has 3 aromatic rings. The van der Waals surface area contributed by atoms with Crippen molar-refractivity contribution in [3.8, 4) is 12.1 Å². The number of ketones is 1. The normalized spacial score (nSPS) is 20.0. The van der Waals surface area contributed by atoms with Crippen molar-refractivity contribution in [2.75, 3.05) is 41.7 Å². The lowest BCUT2D eigenvalue weighted by Crippen LogP contribution is -2.56. The standard InChI is InChI=1S/C24H23ClN10O/c25-21-17(30-24-31-22(29-15-1-2-15)23-28-13-16(12-27)35(23)32-24)9-14(11-26)10-19(21)34-7-5-33(6-8-34)18-3-4-20(18)36/h9-10,13,15,18H,1-8H2,(H2,29,30,31,32). The number of rotatable bonds is 6. The van der Waals surface area contributed by atoms with E-state index in [4.69, 9.17) is 11.6 Å². The van der Waals surface area contributed by atoms with Gasteiger partial charge in [-0.25, -0.2) is 4.98 Å². The van der Waals surface area contributed by atoms with Crippen molar-refractivity contribution in [1.82, 2.24) is 24.5 Å². The van der Waals surface area contributed by atoms with E-state index in [0.29, 0.717) is 59.1 Å². The van der Waals surface area contributed by atoms with Crippen LogP contribution in [-0.4, -0.2) is 68.5 Å². The Morgan fingerprint density at radius 2 is 1.89 bits per heavy atom. The van der Waals surface area contributed by atoms with Gasteiger partial charge in [0, 0.05) is 38.6 Å². The van der Waals surface area contributed by atoms with Crippen molar-refractivity contribution < 1.29 is 4.79 Å². The van der Waals surface area contributed by atoms with Crippen molar-refractivity contribution in [2.45, 2.75) is 37.8 Å². The first-order valence-corrected chi connectivity index (χ1v) is 12.4. The van der Waals surface area contributed by atoms with E-state index in [-0.39, 0.29) is 17.7 Å². The molecular weight excluding hydrogens is 480 g/mol. The Bertz CT molecular complexity index is 1440. The van der Waals surface area contributed by atoms with Crippen LogP contribution >= 0.6 is 11.6 Å². The highest BCUT2D eigenvalue weighted by atomic mass is 35.5. The third-order valence-corrected chi connectivity index (χ3v) is 7.35. The van der Waals surface area contributed by atoms with Gasteiger partial charge in [0.05, 0.1) is 40.3 Å². The number of halogens is 1. The van der Waals surface area contributed by atoms with Gasteiger partial charge >= 0.3 is 0 Å². The van der Waals surface area contributed by atoms with Gasteiger partial charge in [-0.2, -0.15) is 20.0 Å². The molecule has 3 heterocycles. The van der Waals surface area contributed by atoms with Gasteiger partial charge in [0.15, 0.2) is 17.2 Å². The fourth-order valence-corrected chi connectivity index (χ4v) is 4.97. The minimum Gasteiger partial charge on any atom is -0.368 e. The maximum Gasteiger partial charge on any atom is 0.247 e. The molecule has 182 valence electrons. The van der Waals surface area contributed by atoms with Crippen LogP contribution in [0.1, 0.15) is 36.9 Å². The molecule has 6 rings (SSSR count). The molecule has 3 aliphatic rings. The Morgan fingerprint density at radius 1 is 1.08 bits per heavy atom. The van der Waals surface area contributed by atoms with Crippen LogP contribution in [0.2, 0.25) is 5.02 Å². The molecule has 3 fully saturated rings. The number of carbonyl (C=O) groups is 1. The van der Waals surface area contributed by atoms with E-state index >= 15 is 0 Å². The molecule has 2 aliphatic carbocycles. The van der Waals surface area contributed by atoms with Crippen molar-refractivity contribution in [2.24, 2.45) is 0 Å². The first-order valence-electron chi connectivity index (χ1n) is 12.0. The molecule has 0 radical (unpaired) electrons. The summed E-state index contributed by atoms with van der Waals surface area (Å²) in [7, 11) is 0. The summed E-state index contributed by atoms with van der Waals surface area (Å²) < 4.78 is 1.45. The quantitative estimate of drug-likeness (QED) is 0.517. The Hall–Kier alpha value is -3.93. The largest absolute Gasteiger partial charge is 0.368 e. The minimum absolute atomic E-state index is 0.0530. The Kier molecular flexibility index (Phi) is 5.59. The lowest BCUT2D eigenvalue weighted by atomic mass is 9.89. The van der Waals surface area contributed by atoms with E-state index in [1.165, 1.54) is 10.7 Å². The molecule has 2 N–H and O–H groups in total. The van der Waals surface area contributed by atoms with Crippen LogP contribution in [0.15, 0.2) is 18.3 Å². The van der Waals surface area contributed by atoms with E-state index in [1.807, 2.05) is 0 Å². The number of fused-ring (bicyclic) bond motifs is 1. The number of Topliss-reactive ketones (excluding diaryl/α,β-unsaturated/α-hetero) is 1. The summed E-state index contributed by atoms with van der Waals surface area (Å²) in [6, 6.07) is 8.13. The Balaban J connectivity index is 1.30. The van der Waals surface area contributed by atoms with Gasteiger partial charge in [-0.05, 0) is 31.4 Å². The van der Waals surface area contributed by atoms with E-state index in [1.54, 1.807) is 12.1 Å². The summed E-state index contributed by atoms with van der Waals surface area (Å²) >= 11 is 6.85. The summed E-state index contributed by atoms with van der Waals surface area (Å²) in [6.45, 7) is 2.94. The zero-order valence-electron chi connectivity index (χ0n) is 19.4. The highest BCUT2D eigenvalue weighted by Crippen LogP contribution is 2.37. The number of hydrogen-bond acceptors (Lipinski definition) is 10. The van der Waals surface area contributed by atoms with E-state index in [2.05, 4.69) is 47.6 Å². The SMILES string of the molecule is N#Cc1cc(Nc2nc(NC3CC3)c3ncc(C#N)n3n2)c(Cl)c(N2CCN(C3CCC3=O)CC2)c1. The summed E-state index contributed by atoms with van der Waals surface area (Å²) in [6.07, 6.45) is 5.17. The fraction of sp³-hybridized carbons (Fsp3) is 0.417. The van der Waals surface area contributed by atoms with Gasteiger partial charge in [-0.1, -0.05) is 11.6 Å². The molecule has 0 spiro atoms. The van der Waals surface area contributed by atoms with E-state index in [9.17, 15) is 15.3 Å². The van der Waals surface area contributed by atoms with Crippen LogP contribution in [-0.2, 0) is 4.79 Å². The van der Waals surface area contributed by atoms with Crippen LogP contribution in [0, 0.1) is 22.7 Å². The number of aromatic nitrogens is 4. The molecule has 1 unspecified atom stereocenters. The average Bonchev–Trinajstić information content (AvgIpc) is 3.60. The maximum absolute atomic E-state index is 11.9. The van der Waals surface area contributed by atoms with Crippen LogP contribution in [0.25, 0.3) is 5.65 Å². The second-order valence-electron chi connectivity index (χ2n) is 9.33. The van der Waals surface area contributed by atoms with Gasteiger partial charge in [-0.3, -0.25) is 9.69 Å². The molecule has 1 saturated heterocycles. The smallest absolute Gasteiger partial charge is 0.247 e. The highest BCUT2D eigenvalue weighted by Gasteiger charge is 2.35. The molecule has 0 bridgehead atoms. The number of nitrogens with zero attached hydrogens (tertiary/aromatic N) is 8. The van der Waals surface area contributed by atoms with Crippen molar-refractivity contribution >= 4 is 46.2 Å². The second kappa shape index (κ2) is 8.94. The molecule has 1 aromatic carbocycles. The third-order valence-electron chi connectivity index (χ3n) is 6.96. The van der Waals surface area contributed by atoms with Crippen LogP contribution in [0.3, 0.4) is 0 Å². The first kappa shape index (κ1) is 22.5. The lowest BCUT2D eigenvalue weighted by Gasteiger charge is -2.42. The molecule has 12 heteroatoms. The number of imidazole rings is 1. The monoisotopic (exact) mass is 502 g/mol. The van der Waals surface area contributed by atoms with E-state index in [0.717, 1.165) is 38.0 Å². The van der Waals surface area contributed by atoms with Crippen LogP contribution in [0.4, 0.5) is 23.1 Å². The second-order valence-corrected chi connectivity index (χ2v) is 9.71. The lowest BCUT2D eigenvalue weighted by molar-refractivity contribution is -0.131. The molecule has 1 atom stereocenters. The summed E-state index contributed by atoms with van der Waals surface area (Å²) in [5, 5.41) is 30.6. The predicted octanol–water partition coefficient (Wildman–Crippen LogP) is 2.69. The van der Waals surface area contributed by atoms with Crippen molar-refractivity contribution in [1.29, 1.82) is 10.5 Å². The Morgan fingerprint density at radius 3 is 2.53 bits per heavy atom. The van der Waals surface area contributed by atoms with Crippen LogP contribution < -0.4 is 15.5 Å². The first-order chi connectivity index (χ1) is 17.5. The van der Waals surface area contributed by atoms with Crippen LogP contribution in [0.5, 0.6) is 0 Å². The molecule has 1 aliphatic heterocycles. The van der Waals surface area contributed by atoms with Gasteiger partial charge in [0.25, 0.3) is 0 Å². The zero-order chi connectivity index (χ0) is 24.8. The van der Waals surface area contributed by atoms with Crippen molar-refractivity contribution in [3.05, 3.63) is 34.6 Å². The number of nitrogens with one attached hydrogen (secondary N) is 2. The summed E-state index contributed by atoms with van der Waals surface area (Å²) in [4.78, 5) is 25.1. The van der Waals surface area contributed by atoms with Gasteiger partial charge in [0.2, 0.25) is 5.95 Å².